The molecule has 0 N–H and O–H groups in total. The molecular formula is C19H25N5O. The smallest absolute Gasteiger partial charge is 0.257 e. The summed E-state index contributed by atoms with van der Waals surface area (Å²) < 4.78 is 0. The van der Waals surface area contributed by atoms with Gasteiger partial charge in [-0.05, 0) is 19.5 Å². The number of benzene rings is 1. The van der Waals surface area contributed by atoms with Crippen LogP contribution in [0.15, 0.2) is 42.7 Å². The summed E-state index contributed by atoms with van der Waals surface area (Å²) >= 11 is 0. The monoisotopic (exact) mass is 339 g/mol. The van der Waals surface area contributed by atoms with Gasteiger partial charge in [0.1, 0.15) is 0 Å². The first-order valence-corrected chi connectivity index (χ1v) is 8.76. The van der Waals surface area contributed by atoms with Crippen LogP contribution in [0.2, 0.25) is 0 Å². The largest absolute Gasteiger partial charge is 0.337 e. The van der Waals surface area contributed by atoms with Crippen LogP contribution < -0.4 is 4.90 Å². The molecule has 2 aromatic rings. The average molecular weight is 339 g/mol. The summed E-state index contributed by atoms with van der Waals surface area (Å²) in [6, 6.07) is 10.3. The van der Waals surface area contributed by atoms with Gasteiger partial charge in [-0.25, -0.2) is 9.97 Å². The van der Waals surface area contributed by atoms with Crippen molar-refractivity contribution in [1.29, 1.82) is 0 Å². The molecule has 25 heavy (non-hydrogen) atoms. The number of aromatic nitrogens is 2. The number of piperazine rings is 1. The molecule has 1 aromatic heterocycles. The topological polar surface area (TPSA) is 52.6 Å². The number of hydrogen-bond donors (Lipinski definition) is 0. The molecule has 0 unspecified atom stereocenters. The van der Waals surface area contributed by atoms with Crippen molar-refractivity contribution in [3.8, 4) is 0 Å². The Hall–Kier alpha value is -2.47. The SMILES string of the molecule is CCN(Cc1ccccc1)c1ncc(C(=O)N2CCN(C)CC2)cn1. The molecule has 132 valence electrons. The molecule has 0 bridgehead atoms. The number of hydrogen-bond acceptors (Lipinski definition) is 5. The number of nitrogens with zero attached hydrogens (tertiary/aromatic N) is 5. The molecule has 6 heteroatoms. The third kappa shape index (κ3) is 4.33. The summed E-state index contributed by atoms with van der Waals surface area (Å²) in [4.78, 5) is 27.6. The van der Waals surface area contributed by atoms with Crippen molar-refractivity contribution in [2.45, 2.75) is 13.5 Å². The fraction of sp³-hybridized carbons (Fsp3) is 0.421. The molecule has 0 atom stereocenters. The van der Waals surface area contributed by atoms with Crippen molar-refractivity contribution >= 4 is 11.9 Å². The maximum atomic E-state index is 12.6. The lowest BCUT2D eigenvalue weighted by molar-refractivity contribution is 0.0663. The molecule has 1 saturated heterocycles. The Morgan fingerprint density at radius 2 is 1.72 bits per heavy atom. The van der Waals surface area contributed by atoms with Crippen molar-refractivity contribution in [1.82, 2.24) is 19.8 Å². The van der Waals surface area contributed by atoms with E-state index >= 15 is 0 Å². The van der Waals surface area contributed by atoms with Gasteiger partial charge in [-0.1, -0.05) is 30.3 Å². The van der Waals surface area contributed by atoms with Crippen LogP contribution in [0, 0.1) is 0 Å². The maximum absolute atomic E-state index is 12.6. The van der Waals surface area contributed by atoms with E-state index in [2.05, 4.69) is 45.9 Å². The van der Waals surface area contributed by atoms with Crippen LogP contribution in [-0.4, -0.2) is 65.4 Å². The minimum Gasteiger partial charge on any atom is -0.337 e. The highest BCUT2D eigenvalue weighted by molar-refractivity contribution is 5.93. The summed E-state index contributed by atoms with van der Waals surface area (Å²) in [5.41, 5.74) is 1.77. The zero-order valence-corrected chi connectivity index (χ0v) is 14.9. The van der Waals surface area contributed by atoms with E-state index in [9.17, 15) is 4.79 Å². The molecule has 1 aliphatic rings. The molecule has 0 radical (unpaired) electrons. The summed E-state index contributed by atoms with van der Waals surface area (Å²) in [6.07, 6.45) is 3.30. The summed E-state index contributed by atoms with van der Waals surface area (Å²) in [5, 5.41) is 0. The van der Waals surface area contributed by atoms with Gasteiger partial charge in [0, 0.05) is 51.7 Å². The van der Waals surface area contributed by atoms with Crippen molar-refractivity contribution in [3.05, 3.63) is 53.9 Å². The fourth-order valence-electron chi connectivity index (χ4n) is 2.91. The van der Waals surface area contributed by atoms with Crippen molar-refractivity contribution in [2.75, 3.05) is 44.7 Å². The maximum Gasteiger partial charge on any atom is 0.257 e. The Bertz CT molecular complexity index is 681. The lowest BCUT2D eigenvalue weighted by Crippen LogP contribution is -2.47. The molecule has 0 saturated carbocycles. The van der Waals surface area contributed by atoms with E-state index in [-0.39, 0.29) is 5.91 Å². The first-order valence-electron chi connectivity index (χ1n) is 8.76. The van der Waals surface area contributed by atoms with Crippen LogP contribution in [0.5, 0.6) is 0 Å². The standard InChI is InChI=1S/C19H25N5O/c1-3-23(15-16-7-5-4-6-8-16)19-20-13-17(14-21-19)18(25)24-11-9-22(2)10-12-24/h4-8,13-14H,3,9-12,15H2,1-2H3. The summed E-state index contributed by atoms with van der Waals surface area (Å²) in [6.45, 7) is 6.97. The van der Waals surface area contributed by atoms with E-state index in [0.29, 0.717) is 11.5 Å². The molecule has 1 aromatic carbocycles. The van der Waals surface area contributed by atoms with Gasteiger partial charge in [-0.3, -0.25) is 4.79 Å². The Kier molecular flexibility index (Phi) is 5.60. The highest BCUT2D eigenvalue weighted by atomic mass is 16.2. The number of likely N-dealkylation sites (N-methyl/N-ethyl adjacent to an activating group) is 1. The number of carbonyl (C=O) groups is 1. The van der Waals surface area contributed by atoms with Crippen LogP contribution >= 0.6 is 0 Å². The van der Waals surface area contributed by atoms with Gasteiger partial charge in [0.15, 0.2) is 0 Å². The summed E-state index contributed by atoms with van der Waals surface area (Å²) in [7, 11) is 2.08. The van der Waals surface area contributed by atoms with Crippen LogP contribution in [0.3, 0.4) is 0 Å². The van der Waals surface area contributed by atoms with Crippen LogP contribution in [-0.2, 0) is 6.54 Å². The van der Waals surface area contributed by atoms with E-state index in [1.165, 1.54) is 5.56 Å². The molecule has 1 fully saturated rings. The van der Waals surface area contributed by atoms with Gasteiger partial charge in [0.25, 0.3) is 5.91 Å². The molecule has 0 spiro atoms. The van der Waals surface area contributed by atoms with Crippen molar-refractivity contribution in [3.63, 3.8) is 0 Å². The second-order valence-electron chi connectivity index (χ2n) is 6.37. The fourth-order valence-corrected chi connectivity index (χ4v) is 2.91. The van der Waals surface area contributed by atoms with Crippen LogP contribution in [0.1, 0.15) is 22.8 Å². The highest BCUT2D eigenvalue weighted by Gasteiger charge is 2.21. The van der Waals surface area contributed by atoms with Gasteiger partial charge in [-0.2, -0.15) is 0 Å². The predicted octanol–water partition coefficient (Wildman–Crippen LogP) is 1.89. The number of rotatable bonds is 5. The Morgan fingerprint density at radius 3 is 2.32 bits per heavy atom. The predicted molar refractivity (Wildman–Crippen MR) is 98.6 cm³/mol. The number of amides is 1. The minimum absolute atomic E-state index is 0.0192. The molecule has 6 nitrogen and oxygen atoms in total. The van der Waals surface area contributed by atoms with Crippen molar-refractivity contribution < 1.29 is 4.79 Å². The van der Waals surface area contributed by atoms with Gasteiger partial charge in [0.2, 0.25) is 5.95 Å². The van der Waals surface area contributed by atoms with E-state index in [0.717, 1.165) is 39.3 Å². The molecule has 0 aliphatic carbocycles. The number of anilines is 1. The van der Waals surface area contributed by atoms with Gasteiger partial charge in [-0.15, -0.1) is 0 Å². The second-order valence-corrected chi connectivity index (χ2v) is 6.37. The molecule has 1 amide bonds. The molecule has 3 rings (SSSR count). The van der Waals surface area contributed by atoms with Crippen LogP contribution in [0.25, 0.3) is 0 Å². The third-order valence-corrected chi connectivity index (χ3v) is 4.56. The zero-order valence-electron chi connectivity index (χ0n) is 14.9. The first kappa shape index (κ1) is 17.4. The minimum atomic E-state index is 0.0192. The lowest BCUT2D eigenvalue weighted by atomic mass is 10.2. The Balaban J connectivity index is 1.67. The van der Waals surface area contributed by atoms with Crippen molar-refractivity contribution in [2.24, 2.45) is 0 Å². The van der Waals surface area contributed by atoms with E-state index in [1.807, 2.05) is 23.1 Å². The zero-order chi connectivity index (χ0) is 17.6. The Morgan fingerprint density at radius 1 is 1.08 bits per heavy atom. The van der Waals surface area contributed by atoms with Gasteiger partial charge < -0.3 is 14.7 Å². The Labute approximate surface area is 149 Å². The highest BCUT2D eigenvalue weighted by Crippen LogP contribution is 2.13. The molecule has 1 aliphatic heterocycles. The first-order chi connectivity index (χ1) is 12.2. The average Bonchev–Trinajstić information content (AvgIpc) is 2.67. The van der Waals surface area contributed by atoms with E-state index in [4.69, 9.17) is 0 Å². The normalized spacial score (nSPS) is 15.2. The van der Waals surface area contributed by atoms with Gasteiger partial charge in [0.05, 0.1) is 5.56 Å². The number of carbonyl (C=O) groups excluding carboxylic acids is 1. The molecule has 2 heterocycles. The van der Waals surface area contributed by atoms with E-state index < -0.39 is 0 Å². The second kappa shape index (κ2) is 8.07. The van der Waals surface area contributed by atoms with Crippen LogP contribution in [0.4, 0.5) is 5.95 Å². The lowest BCUT2D eigenvalue weighted by Gasteiger charge is -2.32. The van der Waals surface area contributed by atoms with Gasteiger partial charge >= 0.3 is 0 Å². The molecular weight excluding hydrogens is 314 g/mol. The quantitative estimate of drug-likeness (QED) is 0.833. The third-order valence-electron chi connectivity index (χ3n) is 4.56. The summed E-state index contributed by atoms with van der Waals surface area (Å²) in [5.74, 6) is 0.673. The van der Waals surface area contributed by atoms with E-state index in [1.54, 1.807) is 12.4 Å².